The molecule has 0 saturated carbocycles. The summed E-state index contributed by atoms with van der Waals surface area (Å²) in [6.07, 6.45) is 5.25. The van der Waals surface area contributed by atoms with E-state index in [4.69, 9.17) is 0 Å². The van der Waals surface area contributed by atoms with Crippen molar-refractivity contribution in [1.82, 2.24) is 34.5 Å². The Morgan fingerprint density at radius 3 is 2.92 bits per heavy atom. The molecule has 1 aromatic carbocycles. The van der Waals surface area contributed by atoms with Crippen LogP contribution in [0.3, 0.4) is 0 Å². The molecule has 0 amide bonds. The molecule has 0 radical (unpaired) electrons. The third-order valence-electron chi connectivity index (χ3n) is 4.23. The quantitative estimate of drug-likeness (QED) is 0.540. The fourth-order valence-electron chi connectivity index (χ4n) is 2.96. The van der Waals surface area contributed by atoms with Crippen LogP contribution in [0, 0.1) is 0 Å². The standard InChI is InChI=1S/C18H13N7O/c26-17-6-2-13-9-12(1-3-14(13)20-17)10-25-18-15(22-23-25)4-5-16(21-18)24-8-7-19-11-24/h1-9,11H,10H2,(H,20,26). The van der Waals surface area contributed by atoms with Gasteiger partial charge >= 0.3 is 0 Å². The second kappa shape index (κ2) is 5.62. The van der Waals surface area contributed by atoms with E-state index < -0.39 is 0 Å². The molecule has 0 spiro atoms. The summed E-state index contributed by atoms with van der Waals surface area (Å²) in [7, 11) is 0. The molecule has 0 aliphatic rings. The molecule has 4 heterocycles. The summed E-state index contributed by atoms with van der Waals surface area (Å²) in [4.78, 5) is 22.9. The first kappa shape index (κ1) is 14.5. The van der Waals surface area contributed by atoms with Gasteiger partial charge in [0.1, 0.15) is 17.7 Å². The summed E-state index contributed by atoms with van der Waals surface area (Å²) in [6.45, 7) is 0.534. The smallest absolute Gasteiger partial charge is 0.248 e. The molecule has 8 heteroatoms. The zero-order valence-electron chi connectivity index (χ0n) is 13.6. The molecule has 5 rings (SSSR count). The van der Waals surface area contributed by atoms with Gasteiger partial charge in [0, 0.05) is 24.0 Å². The topological polar surface area (TPSA) is 94.3 Å². The number of nitrogens with one attached hydrogen (secondary N) is 1. The Balaban J connectivity index is 1.55. The van der Waals surface area contributed by atoms with Gasteiger partial charge in [-0.25, -0.2) is 14.6 Å². The van der Waals surface area contributed by atoms with Crippen LogP contribution in [0.25, 0.3) is 27.9 Å². The van der Waals surface area contributed by atoms with Gasteiger partial charge in [-0.05, 0) is 41.3 Å². The number of aromatic amines is 1. The zero-order chi connectivity index (χ0) is 17.5. The van der Waals surface area contributed by atoms with Gasteiger partial charge in [0.15, 0.2) is 5.65 Å². The highest BCUT2D eigenvalue weighted by Gasteiger charge is 2.09. The summed E-state index contributed by atoms with van der Waals surface area (Å²) in [5.74, 6) is 0.759. The third kappa shape index (κ3) is 2.44. The van der Waals surface area contributed by atoms with E-state index in [0.29, 0.717) is 12.2 Å². The van der Waals surface area contributed by atoms with Crippen LogP contribution >= 0.6 is 0 Å². The van der Waals surface area contributed by atoms with Crippen molar-refractivity contribution in [2.24, 2.45) is 0 Å². The number of pyridine rings is 2. The first-order valence-electron chi connectivity index (χ1n) is 8.07. The molecule has 0 bridgehead atoms. The minimum atomic E-state index is -0.108. The van der Waals surface area contributed by atoms with Crippen LogP contribution in [-0.4, -0.2) is 34.5 Å². The molecule has 0 atom stereocenters. The average Bonchev–Trinajstić information content (AvgIpc) is 3.32. The average molecular weight is 343 g/mol. The number of aromatic nitrogens is 7. The van der Waals surface area contributed by atoms with E-state index in [1.54, 1.807) is 17.2 Å². The lowest BCUT2D eigenvalue weighted by Gasteiger charge is -2.05. The fraction of sp³-hybridized carbons (Fsp3) is 0.0556. The van der Waals surface area contributed by atoms with E-state index in [9.17, 15) is 4.79 Å². The largest absolute Gasteiger partial charge is 0.322 e. The molecule has 8 nitrogen and oxygen atoms in total. The van der Waals surface area contributed by atoms with Gasteiger partial charge in [-0.15, -0.1) is 5.10 Å². The zero-order valence-corrected chi connectivity index (χ0v) is 13.6. The predicted molar refractivity (Wildman–Crippen MR) is 96.1 cm³/mol. The minimum absolute atomic E-state index is 0.108. The summed E-state index contributed by atoms with van der Waals surface area (Å²) in [5, 5.41) is 9.39. The third-order valence-corrected chi connectivity index (χ3v) is 4.23. The molecule has 0 saturated heterocycles. The van der Waals surface area contributed by atoms with Crippen molar-refractivity contribution in [3.63, 3.8) is 0 Å². The maximum atomic E-state index is 11.4. The van der Waals surface area contributed by atoms with Crippen LogP contribution in [0.15, 0.2) is 66.0 Å². The normalized spacial score (nSPS) is 11.4. The Hall–Kier alpha value is -3.81. The van der Waals surface area contributed by atoms with Crippen LogP contribution in [0.2, 0.25) is 0 Å². The number of nitrogens with zero attached hydrogens (tertiary/aromatic N) is 6. The Morgan fingerprint density at radius 1 is 1.08 bits per heavy atom. The monoisotopic (exact) mass is 343 g/mol. The summed E-state index contributed by atoms with van der Waals surface area (Å²) in [6, 6.07) is 13.0. The van der Waals surface area contributed by atoms with Crippen molar-refractivity contribution in [2.45, 2.75) is 6.54 Å². The molecular formula is C18H13N7O. The van der Waals surface area contributed by atoms with Gasteiger partial charge < -0.3 is 4.98 Å². The van der Waals surface area contributed by atoms with Gasteiger partial charge in [-0.3, -0.25) is 9.36 Å². The molecule has 1 N–H and O–H groups in total. The van der Waals surface area contributed by atoms with Crippen molar-refractivity contribution in [3.8, 4) is 5.82 Å². The number of fused-ring (bicyclic) bond motifs is 2. The van der Waals surface area contributed by atoms with Gasteiger partial charge in [0.2, 0.25) is 5.56 Å². The Labute approximate surface area is 146 Å². The van der Waals surface area contributed by atoms with Gasteiger partial charge in [0.05, 0.1) is 6.54 Å². The highest BCUT2D eigenvalue weighted by Crippen LogP contribution is 2.16. The van der Waals surface area contributed by atoms with E-state index in [1.807, 2.05) is 47.2 Å². The second-order valence-corrected chi connectivity index (χ2v) is 5.97. The maximum Gasteiger partial charge on any atom is 0.248 e. The number of hydrogen-bond acceptors (Lipinski definition) is 5. The molecule has 4 aromatic heterocycles. The summed E-state index contributed by atoms with van der Waals surface area (Å²) < 4.78 is 3.60. The van der Waals surface area contributed by atoms with Gasteiger partial charge in [0.25, 0.3) is 0 Å². The molecule has 5 aromatic rings. The van der Waals surface area contributed by atoms with Crippen LogP contribution in [0.5, 0.6) is 0 Å². The Morgan fingerprint density at radius 2 is 2.04 bits per heavy atom. The van der Waals surface area contributed by atoms with Crippen LogP contribution < -0.4 is 5.56 Å². The minimum Gasteiger partial charge on any atom is -0.322 e. The van der Waals surface area contributed by atoms with Crippen molar-refractivity contribution in [1.29, 1.82) is 0 Å². The number of rotatable bonds is 3. The van der Waals surface area contributed by atoms with E-state index in [0.717, 1.165) is 27.8 Å². The molecule has 26 heavy (non-hydrogen) atoms. The van der Waals surface area contributed by atoms with E-state index in [2.05, 4.69) is 25.3 Å². The van der Waals surface area contributed by atoms with Gasteiger partial charge in [-0.1, -0.05) is 11.3 Å². The first-order chi connectivity index (χ1) is 12.8. The van der Waals surface area contributed by atoms with Crippen molar-refractivity contribution in [3.05, 3.63) is 77.1 Å². The number of hydrogen-bond donors (Lipinski definition) is 1. The van der Waals surface area contributed by atoms with E-state index in [1.165, 1.54) is 6.07 Å². The lowest BCUT2D eigenvalue weighted by molar-refractivity contribution is 0.664. The van der Waals surface area contributed by atoms with Crippen LogP contribution in [0.4, 0.5) is 0 Å². The highest BCUT2D eigenvalue weighted by atomic mass is 16.1. The van der Waals surface area contributed by atoms with Crippen molar-refractivity contribution in [2.75, 3.05) is 0 Å². The van der Waals surface area contributed by atoms with Gasteiger partial charge in [-0.2, -0.15) is 0 Å². The number of benzene rings is 1. The lowest BCUT2D eigenvalue weighted by Crippen LogP contribution is -2.05. The molecule has 126 valence electrons. The van der Waals surface area contributed by atoms with Crippen molar-refractivity contribution < 1.29 is 0 Å². The summed E-state index contributed by atoms with van der Waals surface area (Å²) >= 11 is 0. The van der Waals surface area contributed by atoms with E-state index >= 15 is 0 Å². The number of H-pyrrole nitrogens is 1. The Bertz CT molecular complexity index is 1280. The molecule has 0 aliphatic carbocycles. The molecule has 0 unspecified atom stereocenters. The SMILES string of the molecule is O=c1ccc2cc(Cn3nnc4ccc(-n5ccnc5)nc43)ccc2[nH]1. The highest BCUT2D eigenvalue weighted by molar-refractivity contribution is 5.79. The van der Waals surface area contributed by atoms with E-state index in [-0.39, 0.29) is 5.56 Å². The Kier molecular flexibility index (Phi) is 3.14. The number of imidazole rings is 1. The predicted octanol–water partition coefficient (Wildman–Crippen LogP) is 1.90. The summed E-state index contributed by atoms with van der Waals surface area (Å²) in [5.41, 5.74) is 3.19. The molecule has 0 fully saturated rings. The van der Waals surface area contributed by atoms with Crippen LogP contribution in [-0.2, 0) is 6.54 Å². The first-order valence-corrected chi connectivity index (χ1v) is 8.07. The van der Waals surface area contributed by atoms with Crippen LogP contribution in [0.1, 0.15) is 5.56 Å². The van der Waals surface area contributed by atoms with Crippen molar-refractivity contribution >= 4 is 22.1 Å². The molecular weight excluding hydrogens is 330 g/mol. The molecule has 0 aliphatic heterocycles. The lowest BCUT2D eigenvalue weighted by atomic mass is 10.1. The maximum absolute atomic E-state index is 11.4. The fourth-order valence-corrected chi connectivity index (χ4v) is 2.96. The second-order valence-electron chi connectivity index (χ2n) is 5.97.